The summed E-state index contributed by atoms with van der Waals surface area (Å²) in [6, 6.07) is 0. The van der Waals surface area contributed by atoms with Gasteiger partial charge in [-0.2, -0.15) is 0 Å². The van der Waals surface area contributed by atoms with Gasteiger partial charge in [0.15, 0.2) is 11.4 Å². The van der Waals surface area contributed by atoms with E-state index in [0.717, 1.165) is 5.57 Å². The molecule has 1 unspecified atom stereocenters. The van der Waals surface area contributed by atoms with Crippen molar-refractivity contribution in [3.63, 3.8) is 0 Å². The number of ketones is 1. The average Bonchev–Trinajstić information content (AvgIpc) is 1.99. The van der Waals surface area contributed by atoms with Crippen molar-refractivity contribution < 1.29 is 15.0 Å². The number of allylic oxidation sites excluding steroid dienone is 1. The van der Waals surface area contributed by atoms with E-state index in [1.54, 1.807) is 6.08 Å². The molecule has 3 nitrogen and oxygen atoms in total. The molecule has 0 bridgehead atoms. The second-order valence-electron chi connectivity index (χ2n) is 3.35. The van der Waals surface area contributed by atoms with Gasteiger partial charge in [-0.05, 0) is 20.8 Å². The van der Waals surface area contributed by atoms with Gasteiger partial charge in [0, 0.05) is 6.42 Å². The Labute approximate surface area is 78.4 Å². The van der Waals surface area contributed by atoms with Crippen molar-refractivity contribution in [3.05, 3.63) is 24.0 Å². The quantitative estimate of drug-likeness (QED) is 0.516. The summed E-state index contributed by atoms with van der Waals surface area (Å²) in [5.74, 6) is -1.00. The van der Waals surface area contributed by atoms with E-state index >= 15 is 0 Å². The van der Waals surface area contributed by atoms with Crippen LogP contribution in [-0.4, -0.2) is 21.6 Å². The zero-order valence-corrected chi connectivity index (χ0v) is 8.29. The molecule has 0 saturated heterocycles. The van der Waals surface area contributed by atoms with Crippen molar-refractivity contribution >= 4 is 5.78 Å². The van der Waals surface area contributed by atoms with Crippen molar-refractivity contribution in [2.75, 3.05) is 0 Å². The summed E-state index contributed by atoms with van der Waals surface area (Å²) in [4.78, 5) is 11.0. The minimum absolute atomic E-state index is 0.0694. The van der Waals surface area contributed by atoms with Crippen LogP contribution in [0.25, 0.3) is 0 Å². The standard InChI is InChI=1S/C10H16O3/c1-7(2)5-6-10(13,8(3)11)9(4)12/h5,11,13H,3,6H2,1-2,4H3. The highest BCUT2D eigenvalue weighted by Crippen LogP contribution is 2.20. The third-order valence-electron chi connectivity index (χ3n) is 1.87. The SMILES string of the molecule is C=C(O)C(O)(CC=C(C)C)C(C)=O. The molecule has 3 heteroatoms. The Morgan fingerprint density at radius 2 is 1.92 bits per heavy atom. The molecule has 0 heterocycles. The largest absolute Gasteiger partial charge is 0.509 e. The van der Waals surface area contributed by atoms with Crippen LogP contribution in [0.4, 0.5) is 0 Å². The lowest BCUT2D eigenvalue weighted by atomic mass is 9.92. The van der Waals surface area contributed by atoms with Crippen LogP contribution in [0.2, 0.25) is 0 Å². The fourth-order valence-corrected chi connectivity index (χ4v) is 0.817. The summed E-state index contributed by atoms with van der Waals surface area (Å²) >= 11 is 0. The summed E-state index contributed by atoms with van der Waals surface area (Å²) in [6.45, 7) is 8.10. The number of aliphatic hydroxyl groups excluding tert-OH is 1. The third kappa shape index (κ3) is 3.03. The minimum Gasteiger partial charge on any atom is -0.509 e. The number of carbonyl (C=O) groups excluding carboxylic acids is 1. The van der Waals surface area contributed by atoms with Crippen molar-refractivity contribution in [3.8, 4) is 0 Å². The molecule has 0 aliphatic heterocycles. The van der Waals surface area contributed by atoms with E-state index in [1.165, 1.54) is 6.92 Å². The van der Waals surface area contributed by atoms with Crippen LogP contribution in [-0.2, 0) is 4.79 Å². The molecule has 1 atom stereocenters. The van der Waals surface area contributed by atoms with Gasteiger partial charge >= 0.3 is 0 Å². The first-order valence-electron chi connectivity index (χ1n) is 4.06. The molecule has 74 valence electrons. The molecule has 13 heavy (non-hydrogen) atoms. The van der Waals surface area contributed by atoms with Gasteiger partial charge in [0.1, 0.15) is 5.76 Å². The predicted molar refractivity (Wildman–Crippen MR) is 51.4 cm³/mol. The van der Waals surface area contributed by atoms with Crippen LogP contribution in [0, 0.1) is 0 Å². The highest BCUT2D eigenvalue weighted by molar-refractivity contribution is 5.87. The summed E-state index contributed by atoms with van der Waals surface area (Å²) in [7, 11) is 0. The third-order valence-corrected chi connectivity index (χ3v) is 1.87. The Morgan fingerprint density at radius 1 is 1.46 bits per heavy atom. The molecule has 0 aromatic carbocycles. The van der Waals surface area contributed by atoms with Crippen molar-refractivity contribution in [1.82, 2.24) is 0 Å². The van der Waals surface area contributed by atoms with Gasteiger partial charge in [0.25, 0.3) is 0 Å². The van der Waals surface area contributed by atoms with E-state index in [2.05, 4.69) is 6.58 Å². The number of Topliss-reactive ketones (excluding diaryl/α,β-unsaturated/α-hetero) is 1. The lowest BCUT2D eigenvalue weighted by Crippen LogP contribution is -2.38. The van der Waals surface area contributed by atoms with E-state index in [4.69, 9.17) is 5.11 Å². The number of hydrogen-bond donors (Lipinski definition) is 2. The molecule has 0 rings (SSSR count). The van der Waals surface area contributed by atoms with Gasteiger partial charge in [-0.1, -0.05) is 18.2 Å². The number of aliphatic hydroxyl groups is 2. The molecular weight excluding hydrogens is 168 g/mol. The summed E-state index contributed by atoms with van der Waals surface area (Å²) in [5, 5.41) is 18.7. The maximum Gasteiger partial charge on any atom is 0.182 e. The summed E-state index contributed by atoms with van der Waals surface area (Å²) in [6.07, 6.45) is 1.75. The fraction of sp³-hybridized carbons (Fsp3) is 0.500. The topological polar surface area (TPSA) is 57.5 Å². The van der Waals surface area contributed by atoms with Crippen molar-refractivity contribution in [2.24, 2.45) is 0 Å². The van der Waals surface area contributed by atoms with E-state index in [-0.39, 0.29) is 6.42 Å². The van der Waals surface area contributed by atoms with E-state index in [9.17, 15) is 9.90 Å². The molecule has 0 spiro atoms. The van der Waals surface area contributed by atoms with Gasteiger partial charge < -0.3 is 10.2 Å². The lowest BCUT2D eigenvalue weighted by molar-refractivity contribution is -0.133. The molecule has 0 aromatic rings. The Balaban J connectivity index is 4.73. The maximum absolute atomic E-state index is 11.0. The number of rotatable bonds is 4. The Bertz CT molecular complexity index is 233. The maximum atomic E-state index is 11.0. The Hall–Kier alpha value is -1.09. The van der Waals surface area contributed by atoms with Crippen LogP contribution < -0.4 is 0 Å². The van der Waals surface area contributed by atoms with Gasteiger partial charge in [0.2, 0.25) is 0 Å². The molecule has 0 fully saturated rings. The van der Waals surface area contributed by atoms with Crippen LogP contribution in [0.5, 0.6) is 0 Å². The first kappa shape index (κ1) is 11.9. The summed E-state index contributed by atoms with van der Waals surface area (Å²) < 4.78 is 0. The van der Waals surface area contributed by atoms with Crippen molar-refractivity contribution in [1.29, 1.82) is 0 Å². The molecule has 0 saturated carbocycles. The highest BCUT2D eigenvalue weighted by atomic mass is 16.3. The zero-order valence-electron chi connectivity index (χ0n) is 8.29. The zero-order chi connectivity index (χ0) is 10.6. The second-order valence-corrected chi connectivity index (χ2v) is 3.35. The van der Waals surface area contributed by atoms with Crippen LogP contribution in [0.3, 0.4) is 0 Å². The first-order valence-corrected chi connectivity index (χ1v) is 4.06. The average molecular weight is 184 g/mol. The Kier molecular flexibility index (Phi) is 3.88. The predicted octanol–water partition coefficient (Wildman–Crippen LogP) is 1.73. The van der Waals surface area contributed by atoms with Gasteiger partial charge in [-0.3, -0.25) is 4.79 Å². The monoisotopic (exact) mass is 184 g/mol. The molecule has 0 aliphatic rings. The first-order chi connectivity index (χ1) is 5.80. The van der Waals surface area contributed by atoms with Crippen LogP contribution >= 0.6 is 0 Å². The van der Waals surface area contributed by atoms with E-state index in [1.807, 2.05) is 13.8 Å². The molecule has 0 aliphatic carbocycles. The Morgan fingerprint density at radius 3 is 2.15 bits per heavy atom. The van der Waals surface area contributed by atoms with E-state index in [0.29, 0.717) is 0 Å². The molecule has 0 amide bonds. The van der Waals surface area contributed by atoms with Crippen molar-refractivity contribution in [2.45, 2.75) is 32.8 Å². The van der Waals surface area contributed by atoms with Crippen LogP contribution in [0.1, 0.15) is 27.2 Å². The molecule has 0 aromatic heterocycles. The molecule has 2 N–H and O–H groups in total. The molecule has 0 radical (unpaired) electrons. The summed E-state index contributed by atoms with van der Waals surface area (Å²) in [5.41, 5.74) is -0.849. The number of hydrogen-bond acceptors (Lipinski definition) is 3. The van der Waals surface area contributed by atoms with Gasteiger partial charge in [-0.15, -0.1) is 0 Å². The smallest absolute Gasteiger partial charge is 0.182 e. The van der Waals surface area contributed by atoms with E-state index < -0.39 is 17.1 Å². The minimum atomic E-state index is -1.82. The lowest BCUT2D eigenvalue weighted by Gasteiger charge is -2.22. The number of carbonyl (C=O) groups is 1. The highest BCUT2D eigenvalue weighted by Gasteiger charge is 2.34. The van der Waals surface area contributed by atoms with Crippen LogP contribution in [0.15, 0.2) is 24.0 Å². The fourth-order valence-electron chi connectivity index (χ4n) is 0.817. The van der Waals surface area contributed by atoms with Gasteiger partial charge in [0.05, 0.1) is 0 Å². The molecular formula is C10H16O3. The second kappa shape index (κ2) is 4.23. The van der Waals surface area contributed by atoms with Gasteiger partial charge in [-0.25, -0.2) is 0 Å². The normalized spacial score (nSPS) is 14.5.